The van der Waals surface area contributed by atoms with Crippen LogP contribution in [-0.4, -0.2) is 32.6 Å². The molecular formula is C15H25Cl2NO. The molecule has 0 aliphatic heterocycles. The first kappa shape index (κ1) is 18.6. The van der Waals surface area contributed by atoms with Crippen molar-refractivity contribution in [3.8, 4) is 5.75 Å². The highest BCUT2D eigenvalue weighted by atomic mass is 35.5. The van der Waals surface area contributed by atoms with E-state index in [9.17, 15) is 0 Å². The van der Waals surface area contributed by atoms with Crippen molar-refractivity contribution in [2.75, 3.05) is 27.7 Å². The average molecular weight is 306 g/mol. The van der Waals surface area contributed by atoms with Gasteiger partial charge in [-0.25, -0.2) is 0 Å². The van der Waals surface area contributed by atoms with Gasteiger partial charge in [-0.2, -0.15) is 0 Å². The van der Waals surface area contributed by atoms with Crippen LogP contribution in [0.2, 0.25) is 0 Å². The summed E-state index contributed by atoms with van der Waals surface area (Å²) in [7, 11) is 5.84. The summed E-state index contributed by atoms with van der Waals surface area (Å²) in [5, 5.41) is 0. The third kappa shape index (κ3) is 4.55. The van der Waals surface area contributed by atoms with Crippen LogP contribution in [0.3, 0.4) is 0 Å². The van der Waals surface area contributed by atoms with Crippen molar-refractivity contribution in [1.29, 1.82) is 0 Å². The minimum absolute atomic E-state index is 0. The molecule has 0 amide bonds. The largest absolute Gasteiger partial charge is 0.497 e. The van der Waals surface area contributed by atoms with Gasteiger partial charge in [0, 0.05) is 6.54 Å². The molecule has 0 aliphatic rings. The Kier molecular flexibility index (Phi) is 7.80. The first-order valence-electron chi connectivity index (χ1n) is 6.42. The number of alkyl halides is 1. The van der Waals surface area contributed by atoms with Crippen LogP contribution in [0.25, 0.3) is 0 Å². The summed E-state index contributed by atoms with van der Waals surface area (Å²) in [4.78, 5) is 1.84. The molecule has 0 bridgehead atoms. The Morgan fingerprint density at radius 3 is 2.47 bits per heavy atom. The van der Waals surface area contributed by atoms with E-state index in [1.54, 1.807) is 7.11 Å². The molecule has 0 radical (unpaired) electrons. The van der Waals surface area contributed by atoms with Crippen LogP contribution >= 0.6 is 24.0 Å². The fourth-order valence-electron chi connectivity index (χ4n) is 2.41. The highest BCUT2D eigenvalue weighted by Crippen LogP contribution is 2.41. The number of rotatable bonds is 6. The molecule has 0 fully saturated rings. The maximum atomic E-state index is 6.89. The molecule has 1 aromatic rings. The standard InChI is InChI=1S/C15H24ClNO.ClH/c1-6-15(16,12(2)11-17(3)4)13-8-7-9-14(10-13)18-5;/h7-10,12H,6,11H2,1-5H3;1H. The lowest BCUT2D eigenvalue weighted by Crippen LogP contribution is -2.34. The lowest BCUT2D eigenvalue weighted by Gasteiger charge is -2.34. The Labute approximate surface area is 128 Å². The van der Waals surface area contributed by atoms with E-state index in [1.807, 2.05) is 18.2 Å². The fraction of sp³-hybridized carbons (Fsp3) is 0.600. The quantitative estimate of drug-likeness (QED) is 0.732. The number of ether oxygens (including phenoxy) is 1. The maximum Gasteiger partial charge on any atom is 0.119 e. The molecule has 0 N–H and O–H groups in total. The topological polar surface area (TPSA) is 12.5 Å². The van der Waals surface area contributed by atoms with Gasteiger partial charge in [0.15, 0.2) is 0 Å². The SMILES string of the molecule is CCC(Cl)(c1cccc(OC)c1)C(C)CN(C)C.Cl. The number of methoxy groups -OCH3 is 1. The summed E-state index contributed by atoms with van der Waals surface area (Å²) in [5.41, 5.74) is 1.14. The second kappa shape index (κ2) is 7.98. The van der Waals surface area contributed by atoms with Crippen molar-refractivity contribution >= 4 is 24.0 Å². The van der Waals surface area contributed by atoms with E-state index < -0.39 is 0 Å². The molecule has 0 aliphatic carbocycles. The highest BCUT2D eigenvalue weighted by Gasteiger charge is 2.34. The van der Waals surface area contributed by atoms with Crippen LogP contribution < -0.4 is 4.74 Å². The predicted octanol–water partition coefficient (Wildman–Crippen LogP) is 4.16. The smallest absolute Gasteiger partial charge is 0.119 e. The summed E-state index contributed by atoms with van der Waals surface area (Å²) < 4.78 is 5.29. The van der Waals surface area contributed by atoms with Crippen LogP contribution in [-0.2, 0) is 4.87 Å². The van der Waals surface area contributed by atoms with Crippen molar-refractivity contribution in [2.45, 2.75) is 25.1 Å². The number of halogens is 2. The van der Waals surface area contributed by atoms with Crippen LogP contribution in [0.4, 0.5) is 0 Å². The molecule has 0 spiro atoms. The van der Waals surface area contributed by atoms with Crippen molar-refractivity contribution in [2.24, 2.45) is 5.92 Å². The molecule has 4 heteroatoms. The molecule has 2 unspecified atom stereocenters. The summed E-state index contributed by atoms with van der Waals surface area (Å²) >= 11 is 6.89. The zero-order valence-corrected chi connectivity index (χ0v) is 14.0. The van der Waals surface area contributed by atoms with Gasteiger partial charge in [-0.3, -0.25) is 0 Å². The van der Waals surface area contributed by atoms with E-state index in [2.05, 4.69) is 38.9 Å². The summed E-state index contributed by atoms with van der Waals surface area (Å²) in [6, 6.07) is 8.09. The van der Waals surface area contributed by atoms with Crippen LogP contribution in [0.1, 0.15) is 25.8 Å². The molecule has 1 rings (SSSR count). The summed E-state index contributed by atoms with van der Waals surface area (Å²) in [5.74, 6) is 1.23. The maximum absolute atomic E-state index is 6.89. The number of nitrogens with zero attached hydrogens (tertiary/aromatic N) is 1. The second-order valence-corrected chi connectivity index (χ2v) is 5.79. The predicted molar refractivity (Wildman–Crippen MR) is 85.8 cm³/mol. The Balaban J connectivity index is 0.00000324. The third-order valence-electron chi connectivity index (χ3n) is 3.48. The van der Waals surface area contributed by atoms with Gasteiger partial charge in [0.1, 0.15) is 5.75 Å². The molecule has 0 heterocycles. The molecule has 2 nitrogen and oxygen atoms in total. The number of benzene rings is 1. The van der Waals surface area contributed by atoms with E-state index >= 15 is 0 Å². The third-order valence-corrected chi connectivity index (χ3v) is 4.34. The van der Waals surface area contributed by atoms with Crippen LogP contribution in [0.15, 0.2) is 24.3 Å². The van der Waals surface area contributed by atoms with Gasteiger partial charge >= 0.3 is 0 Å². The van der Waals surface area contributed by atoms with Gasteiger partial charge in [0.2, 0.25) is 0 Å². The normalized spacial score (nSPS) is 15.5. The molecule has 110 valence electrons. The van der Waals surface area contributed by atoms with Crippen LogP contribution in [0, 0.1) is 5.92 Å². The molecular weight excluding hydrogens is 281 g/mol. The summed E-state index contributed by atoms with van der Waals surface area (Å²) in [6.07, 6.45) is 0.900. The second-order valence-electron chi connectivity index (χ2n) is 5.11. The van der Waals surface area contributed by atoms with Gasteiger partial charge < -0.3 is 9.64 Å². The molecule has 19 heavy (non-hydrogen) atoms. The van der Waals surface area contributed by atoms with Crippen LogP contribution in [0.5, 0.6) is 5.75 Å². The minimum atomic E-state index is -0.335. The van der Waals surface area contributed by atoms with Gasteiger partial charge in [0.25, 0.3) is 0 Å². The average Bonchev–Trinajstić information content (AvgIpc) is 2.37. The zero-order chi connectivity index (χ0) is 13.8. The molecule has 2 atom stereocenters. The molecule has 1 aromatic carbocycles. The number of hydrogen-bond acceptors (Lipinski definition) is 2. The Bertz CT molecular complexity index is 384. The first-order chi connectivity index (χ1) is 8.43. The zero-order valence-electron chi connectivity index (χ0n) is 12.4. The van der Waals surface area contributed by atoms with Gasteiger partial charge in [-0.05, 0) is 44.1 Å². The lowest BCUT2D eigenvalue weighted by molar-refractivity contribution is 0.278. The van der Waals surface area contributed by atoms with Crippen molar-refractivity contribution in [3.05, 3.63) is 29.8 Å². The number of hydrogen-bond donors (Lipinski definition) is 0. The monoisotopic (exact) mass is 305 g/mol. The lowest BCUT2D eigenvalue weighted by atomic mass is 9.83. The van der Waals surface area contributed by atoms with E-state index in [-0.39, 0.29) is 17.3 Å². The fourth-order valence-corrected chi connectivity index (χ4v) is 2.60. The highest BCUT2D eigenvalue weighted by molar-refractivity contribution is 6.24. The Morgan fingerprint density at radius 2 is 2.00 bits per heavy atom. The Morgan fingerprint density at radius 1 is 1.37 bits per heavy atom. The molecule has 0 aromatic heterocycles. The first-order valence-corrected chi connectivity index (χ1v) is 6.80. The molecule has 0 saturated carbocycles. The van der Waals surface area contributed by atoms with E-state index in [4.69, 9.17) is 16.3 Å². The molecule has 0 saturated heterocycles. The van der Waals surface area contributed by atoms with Gasteiger partial charge in [0.05, 0.1) is 12.0 Å². The van der Waals surface area contributed by atoms with Crippen molar-refractivity contribution < 1.29 is 4.74 Å². The van der Waals surface area contributed by atoms with E-state index in [0.717, 1.165) is 24.3 Å². The van der Waals surface area contributed by atoms with Gasteiger partial charge in [-0.15, -0.1) is 24.0 Å². The summed E-state index contributed by atoms with van der Waals surface area (Å²) in [6.45, 7) is 5.31. The Hall–Kier alpha value is -0.440. The van der Waals surface area contributed by atoms with E-state index in [1.165, 1.54) is 0 Å². The van der Waals surface area contributed by atoms with Crippen molar-refractivity contribution in [3.63, 3.8) is 0 Å². The van der Waals surface area contributed by atoms with E-state index in [0.29, 0.717) is 5.92 Å². The van der Waals surface area contributed by atoms with Gasteiger partial charge in [-0.1, -0.05) is 26.0 Å². The van der Waals surface area contributed by atoms with Crippen molar-refractivity contribution in [1.82, 2.24) is 4.90 Å². The minimum Gasteiger partial charge on any atom is -0.497 e.